The molecule has 84 valence electrons. The van der Waals surface area contributed by atoms with Crippen LogP contribution in [-0.4, -0.2) is 51.8 Å². The summed E-state index contributed by atoms with van der Waals surface area (Å²) in [6, 6.07) is -0.559. The van der Waals surface area contributed by atoms with Crippen LogP contribution in [0.25, 0.3) is 0 Å². The van der Waals surface area contributed by atoms with Gasteiger partial charge in [0.15, 0.2) is 0 Å². The fraction of sp³-hybridized carbons (Fsp3) is 0.750. The van der Waals surface area contributed by atoms with Crippen molar-refractivity contribution >= 4 is 32.3 Å². The van der Waals surface area contributed by atoms with E-state index in [4.69, 9.17) is 0 Å². The minimum absolute atomic E-state index is 0.159. The van der Waals surface area contributed by atoms with Gasteiger partial charge in [-0.25, -0.2) is 4.39 Å². The molecule has 2 saturated heterocycles. The zero-order valence-electron chi connectivity index (χ0n) is 8.06. The van der Waals surface area contributed by atoms with Gasteiger partial charge in [0, 0.05) is 13.1 Å². The molecule has 0 aromatic heterocycles. The molecule has 0 aromatic rings. The number of piperidine rings is 1. The highest BCUT2D eigenvalue weighted by atomic mass is 32.2. The molecule has 0 saturated carbocycles. The average molecular weight is 250 g/mol. The zero-order chi connectivity index (χ0) is 11.0. The number of alkyl halides is 1. The van der Waals surface area contributed by atoms with E-state index in [1.54, 1.807) is 4.67 Å². The summed E-state index contributed by atoms with van der Waals surface area (Å²) in [6.45, 7) is 0.953. The molecule has 7 heteroatoms. The highest BCUT2D eigenvalue weighted by molar-refractivity contribution is 8.14. The van der Waals surface area contributed by atoms with E-state index in [0.717, 1.165) is 16.7 Å². The topological polar surface area (TPSA) is 40.6 Å². The first kappa shape index (κ1) is 11.3. The minimum atomic E-state index is -1.14. The number of imide groups is 1. The third kappa shape index (κ3) is 2.17. The van der Waals surface area contributed by atoms with E-state index in [1.807, 2.05) is 0 Å². The number of carbonyl (C=O) groups excluding carboxylic acids is 2. The van der Waals surface area contributed by atoms with Gasteiger partial charge >= 0.3 is 0 Å². The molecular formula is C8H12FN2O2PS. The van der Waals surface area contributed by atoms with E-state index in [1.165, 1.54) is 0 Å². The third-order valence-corrected chi connectivity index (χ3v) is 3.96. The maximum atomic E-state index is 13.7. The van der Waals surface area contributed by atoms with Crippen molar-refractivity contribution in [2.75, 3.05) is 18.8 Å². The predicted octanol–water partition coefficient (Wildman–Crippen LogP) is 0.884. The first-order chi connectivity index (χ1) is 7.09. The quantitative estimate of drug-likeness (QED) is 0.648. The second-order valence-electron chi connectivity index (χ2n) is 3.69. The normalized spacial score (nSPS) is 33.9. The van der Waals surface area contributed by atoms with Gasteiger partial charge in [0.1, 0.15) is 6.17 Å². The summed E-state index contributed by atoms with van der Waals surface area (Å²) in [7, 11) is 2.44. The highest BCUT2D eigenvalue weighted by Gasteiger charge is 2.41. The summed E-state index contributed by atoms with van der Waals surface area (Å²) >= 11 is 0.962. The van der Waals surface area contributed by atoms with Crippen molar-refractivity contribution in [3.63, 3.8) is 0 Å². The molecule has 3 atom stereocenters. The van der Waals surface area contributed by atoms with Crippen LogP contribution in [0.15, 0.2) is 0 Å². The Morgan fingerprint density at radius 2 is 2.20 bits per heavy atom. The van der Waals surface area contributed by atoms with Gasteiger partial charge in [-0.2, -0.15) is 0 Å². The lowest BCUT2D eigenvalue weighted by molar-refractivity contribution is -0.128. The summed E-state index contributed by atoms with van der Waals surface area (Å²) in [6.07, 6.45) is -0.620. The van der Waals surface area contributed by atoms with E-state index in [2.05, 4.69) is 9.39 Å². The van der Waals surface area contributed by atoms with Crippen molar-refractivity contribution in [3.05, 3.63) is 0 Å². The molecule has 15 heavy (non-hydrogen) atoms. The average Bonchev–Trinajstić information content (AvgIpc) is 2.48. The van der Waals surface area contributed by atoms with E-state index >= 15 is 0 Å². The number of amides is 2. The van der Waals surface area contributed by atoms with Crippen LogP contribution >= 0.6 is 21.2 Å². The van der Waals surface area contributed by atoms with Crippen molar-refractivity contribution in [2.45, 2.75) is 18.6 Å². The lowest BCUT2D eigenvalue weighted by Crippen LogP contribution is -2.51. The Balaban J connectivity index is 2.09. The molecule has 2 aliphatic heterocycles. The molecule has 2 fully saturated rings. The SMILES string of the molecule is O=C1CSC(=O)N1C1CCN(P)CC1F. The maximum absolute atomic E-state index is 13.7. The number of hydrogen-bond acceptors (Lipinski definition) is 4. The Labute approximate surface area is 93.8 Å². The van der Waals surface area contributed by atoms with E-state index < -0.39 is 12.2 Å². The fourth-order valence-electron chi connectivity index (χ4n) is 1.89. The van der Waals surface area contributed by atoms with Gasteiger partial charge in [-0.15, -0.1) is 0 Å². The van der Waals surface area contributed by atoms with Crippen LogP contribution < -0.4 is 0 Å². The van der Waals surface area contributed by atoms with Crippen molar-refractivity contribution in [2.24, 2.45) is 0 Å². The molecule has 0 radical (unpaired) electrons. The van der Waals surface area contributed by atoms with Crippen molar-refractivity contribution < 1.29 is 14.0 Å². The smallest absolute Gasteiger partial charge is 0.284 e. The Morgan fingerprint density at radius 3 is 2.73 bits per heavy atom. The highest BCUT2D eigenvalue weighted by Crippen LogP contribution is 2.28. The van der Waals surface area contributed by atoms with E-state index in [-0.39, 0.29) is 23.4 Å². The predicted molar refractivity (Wildman–Crippen MR) is 59.3 cm³/mol. The number of carbonyl (C=O) groups is 2. The molecule has 0 aromatic carbocycles. The van der Waals surface area contributed by atoms with Crippen LogP contribution in [0.5, 0.6) is 0 Å². The van der Waals surface area contributed by atoms with Crippen LogP contribution in [0, 0.1) is 0 Å². The van der Waals surface area contributed by atoms with Crippen molar-refractivity contribution in [1.29, 1.82) is 0 Å². The molecule has 2 aliphatic rings. The second kappa shape index (κ2) is 4.36. The number of halogens is 1. The summed E-state index contributed by atoms with van der Waals surface area (Å²) in [4.78, 5) is 23.9. The maximum Gasteiger partial charge on any atom is 0.289 e. The molecular weight excluding hydrogens is 238 g/mol. The number of hydrogen-bond donors (Lipinski definition) is 0. The summed E-state index contributed by atoms with van der Waals surface area (Å²) in [5.41, 5.74) is 0. The molecule has 0 bridgehead atoms. The lowest BCUT2D eigenvalue weighted by atomic mass is 10.0. The minimum Gasteiger partial charge on any atom is -0.284 e. The lowest BCUT2D eigenvalue weighted by Gasteiger charge is -2.35. The third-order valence-electron chi connectivity index (χ3n) is 2.65. The molecule has 2 amide bonds. The molecule has 0 spiro atoms. The summed E-state index contributed by atoms with van der Waals surface area (Å²) in [5, 5.41) is -0.301. The van der Waals surface area contributed by atoms with Gasteiger partial charge in [-0.1, -0.05) is 21.2 Å². The fourth-order valence-corrected chi connectivity index (χ4v) is 3.00. The van der Waals surface area contributed by atoms with Crippen LogP contribution in [0.1, 0.15) is 6.42 Å². The van der Waals surface area contributed by atoms with Crippen molar-refractivity contribution in [1.82, 2.24) is 9.57 Å². The van der Waals surface area contributed by atoms with Gasteiger partial charge in [0.25, 0.3) is 5.24 Å². The molecule has 2 rings (SSSR count). The second-order valence-corrected chi connectivity index (χ2v) is 5.34. The largest absolute Gasteiger partial charge is 0.289 e. The zero-order valence-corrected chi connectivity index (χ0v) is 10.0. The Morgan fingerprint density at radius 1 is 1.47 bits per heavy atom. The molecule has 0 aliphatic carbocycles. The van der Waals surface area contributed by atoms with E-state index in [0.29, 0.717) is 13.0 Å². The monoisotopic (exact) mass is 250 g/mol. The van der Waals surface area contributed by atoms with Gasteiger partial charge in [-0.05, 0) is 6.42 Å². The van der Waals surface area contributed by atoms with Crippen LogP contribution in [-0.2, 0) is 4.79 Å². The summed E-state index contributed by atoms with van der Waals surface area (Å²) in [5.74, 6) is -0.0954. The van der Waals surface area contributed by atoms with Gasteiger partial charge in [0.05, 0.1) is 11.8 Å². The van der Waals surface area contributed by atoms with Crippen molar-refractivity contribution in [3.8, 4) is 0 Å². The summed E-state index contributed by atoms with van der Waals surface area (Å²) < 4.78 is 15.5. The van der Waals surface area contributed by atoms with Gasteiger partial charge < -0.3 is 0 Å². The first-order valence-electron chi connectivity index (χ1n) is 4.72. The molecule has 2 heterocycles. The molecule has 4 nitrogen and oxygen atoms in total. The molecule has 0 N–H and O–H groups in total. The Hall–Kier alpha value is -0.190. The number of rotatable bonds is 1. The number of nitrogens with zero attached hydrogens (tertiary/aromatic N) is 2. The first-order valence-corrected chi connectivity index (χ1v) is 6.22. The number of thioether (sulfide) groups is 1. The standard InChI is InChI=1S/C8H12FN2O2PS/c9-5-3-10(14)2-1-6(5)11-7(12)4-15-8(11)13/h5-6H,1-4,14H2. The Bertz CT molecular complexity index is 288. The van der Waals surface area contributed by atoms with E-state index in [9.17, 15) is 14.0 Å². The van der Waals surface area contributed by atoms with Crippen LogP contribution in [0.3, 0.4) is 0 Å². The van der Waals surface area contributed by atoms with Crippen LogP contribution in [0.2, 0.25) is 0 Å². The van der Waals surface area contributed by atoms with Crippen LogP contribution in [0.4, 0.5) is 9.18 Å². The molecule has 3 unspecified atom stereocenters. The van der Waals surface area contributed by atoms with Gasteiger partial charge in [0.2, 0.25) is 5.91 Å². The van der Waals surface area contributed by atoms with Gasteiger partial charge in [-0.3, -0.25) is 19.2 Å². The Kier molecular flexibility index (Phi) is 3.28.